The van der Waals surface area contributed by atoms with Gasteiger partial charge in [0.2, 0.25) is 0 Å². The third-order valence-corrected chi connectivity index (χ3v) is 3.66. The molecule has 5 heteroatoms. The summed E-state index contributed by atoms with van der Waals surface area (Å²) in [5.74, 6) is 0. The molecular weight excluding hydrogens is 288 g/mol. The molecule has 2 rings (SSSR count). The highest BCUT2D eigenvalue weighted by atomic mass is 35.5. The topological polar surface area (TPSA) is 55.2 Å². The Bertz CT molecular complexity index is 646. The van der Waals surface area contributed by atoms with E-state index in [1.165, 1.54) is 6.07 Å². The fourth-order valence-corrected chi connectivity index (χ4v) is 2.45. The van der Waals surface area contributed by atoms with Crippen molar-refractivity contribution in [1.82, 2.24) is 5.32 Å². The SMILES string of the molecule is CC(N[C@@H](C)c1cccc(Cl)c1)c1cccc([N+](=O)[O-])c1. The van der Waals surface area contributed by atoms with Crippen LogP contribution in [0.1, 0.15) is 37.1 Å². The third kappa shape index (κ3) is 4.03. The molecule has 110 valence electrons. The first kappa shape index (κ1) is 15.5. The molecule has 0 saturated heterocycles. The smallest absolute Gasteiger partial charge is 0.269 e. The lowest BCUT2D eigenvalue weighted by Gasteiger charge is -2.21. The highest BCUT2D eigenvalue weighted by molar-refractivity contribution is 6.30. The summed E-state index contributed by atoms with van der Waals surface area (Å²) in [4.78, 5) is 10.4. The Balaban J connectivity index is 2.12. The average molecular weight is 305 g/mol. The molecule has 0 aliphatic rings. The van der Waals surface area contributed by atoms with E-state index in [-0.39, 0.29) is 22.7 Å². The molecular formula is C16H17ClN2O2. The van der Waals surface area contributed by atoms with Gasteiger partial charge in [-0.2, -0.15) is 0 Å². The molecule has 1 unspecified atom stereocenters. The molecule has 0 bridgehead atoms. The van der Waals surface area contributed by atoms with E-state index >= 15 is 0 Å². The van der Waals surface area contributed by atoms with Crippen molar-refractivity contribution >= 4 is 17.3 Å². The van der Waals surface area contributed by atoms with Crippen molar-refractivity contribution in [3.8, 4) is 0 Å². The number of nitrogens with zero attached hydrogens (tertiary/aromatic N) is 1. The second-order valence-corrected chi connectivity index (χ2v) is 5.45. The van der Waals surface area contributed by atoms with Gasteiger partial charge >= 0.3 is 0 Å². The maximum Gasteiger partial charge on any atom is 0.269 e. The number of benzene rings is 2. The summed E-state index contributed by atoms with van der Waals surface area (Å²) >= 11 is 6.00. The van der Waals surface area contributed by atoms with Crippen LogP contribution in [-0.2, 0) is 0 Å². The molecule has 0 amide bonds. The normalized spacial score (nSPS) is 13.7. The van der Waals surface area contributed by atoms with Gasteiger partial charge in [-0.25, -0.2) is 0 Å². The first-order chi connectivity index (χ1) is 9.97. The lowest BCUT2D eigenvalue weighted by atomic mass is 10.0. The van der Waals surface area contributed by atoms with Crippen LogP contribution < -0.4 is 5.32 Å². The van der Waals surface area contributed by atoms with Crippen LogP contribution in [-0.4, -0.2) is 4.92 Å². The van der Waals surface area contributed by atoms with Crippen LogP contribution in [0.5, 0.6) is 0 Å². The van der Waals surface area contributed by atoms with Crippen molar-refractivity contribution in [3.63, 3.8) is 0 Å². The number of nitro groups is 1. The van der Waals surface area contributed by atoms with E-state index in [0.29, 0.717) is 5.02 Å². The minimum atomic E-state index is -0.378. The number of nitrogens with one attached hydrogen (secondary N) is 1. The van der Waals surface area contributed by atoms with E-state index in [0.717, 1.165) is 11.1 Å². The maximum atomic E-state index is 10.8. The van der Waals surface area contributed by atoms with Gasteiger partial charge in [-0.3, -0.25) is 10.1 Å². The van der Waals surface area contributed by atoms with Crippen molar-refractivity contribution in [2.75, 3.05) is 0 Å². The molecule has 0 saturated carbocycles. The van der Waals surface area contributed by atoms with Gasteiger partial charge < -0.3 is 5.32 Å². The summed E-state index contributed by atoms with van der Waals surface area (Å²) in [5.41, 5.74) is 2.08. The monoisotopic (exact) mass is 304 g/mol. The van der Waals surface area contributed by atoms with Crippen molar-refractivity contribution in [1.29, 1.82) is 0 Å². The van der Waals surface area contributed by atoms with Crippen LogP contribution >= 0.6 is 11.6 Å². The summed E-state index contributed by atoms with van der Waals surface area (Å²) in [6, 6.07) is 14.4. The van der Waals surface area contributed by atoms with Crippen LogP contribution in [0.15, 0.2) is 48.5 Å². The summed E-state index contributed by atoms with van der Waals surface area (Å²) < 4.78 is 0. The summed E-state index contributed by atoms with van der Waals surface area (Å²) in [7, 11) is 0. The summed E-state index contributed by atoms with van der Waals surface area (Å²) in [6.07, 6.45) is 0. The van der Waals surface area contributed by atoms with Crippen LogP contribution in [0.2, 0.25) is 5.02 Å². The largest absolute Gasteiger partial charge is 0.304 e. The number of hydrogen-bond acceptors (Lipinski definition) is 3. The second-order valence-electron chi connectivity index (χ2n) is 5.02. The van der Waals surface area contributed by atoms with Gasteiger partial charge in [0.15, 0.2) is 0 Å². The van der Waals surface area contributed by atoms with Crippen molar-refractivity contribution in [2.24, 2.45) is 0 Å². The van der Waals surface area contributed by atoms with E-state index in [1.807, 2.05) is 44.2 Å². The Kier molecular flexibility index (Phi) is 4.94. The number of nitro benzene ring substituents is 1. The van der Waals surface area contributed by atoms with Crippen LogP contribution in [0.25, 0.3) is 0 Å². The van der Waals surface area contributed by atoms with Gasteiger partial charge in [0.1, 0.15) is 0 Å². The van der Waals surface area contributed by atoms with Crippen LogP contribution in [0.3, 0.4) is 0 Å². The molecule has 0 spiro atoms. The summed E-state index contributed by atoms with van der Waals surface area (Å²) in [5, 5.41) is 15.0. The zero-order chi connectivity index (χ0) is 15.4. The highest BCUT2D eigenvalue weighted by Crippen LogP contribution is 2.23. The Morgan fingerprint density at radius 1 is 1.05 bits per heavy atom. The van der Waals surface area contributed by atoms with Crippen molar-refractivity contribution < 1.29 is 4.92 Å². The van der Waals surface area contributed by atoms with Gasteiger partial charge in [-0.05, 0) is 37.1 Å². The van der Waals surface area contributed by atoms with Gasteiger partial charge in [0, 0.05) is 29.2 Å². The lowest BCUT2D eigenvalue weighted by Crippen LogP contribution is -2.22. The molecule has 2 aromatic carbocycles. The van der Waals surface area contributed by atoms with Gasteiger partial charge in [0.25, 0.3) is 5.69 Å². The minimum Gasteiger partial charge on any atom is -0.304 e. The lowest BCUT2D eigenvalue weighted by molar-refractivity contribution is -0.384. The van der Waals surface area contributed by atoms with Crippen LogP contribution in [0, 0.1) is 10.1 Å². The van der Waals surface area contributed by atoms with Crippen molar-refractivity contribution in [3.05, 3.63) is 74.8 Å². The van der Waals surface area contributed by atoms with Gasteiger partial charge in [0.05, 0.1) is 4.92 Å². The Morgan fingerprint density at radius 2 is 1.62 bits per heavy atom. The van der Waals surface area contributed by atoms with E-state index < -0.39 is 0 Å². The number of halogens is 1. The van der Waals surface area contributed by atoms with Gasteiger partial charge in [-0.15, -0.1) is 0 Å². The number of rotatable bonds is 5. The quantitative estimate of drug-likeness (QED) is 0.645. The second kappa shape index (κ2) is 6.70. The van der Waals surface area contributed by atoms with E-state index in [2.05, 4.69) is 5.32 Å². The molecule has 0 aliphatic carbocycles. The van der Waals surface area contributed by atoms with Gasteiger partial charge in [-0.1, -0.05) is 35.9 Å². The first-order valence-corrected chi connectivity index (χ1v) is 7.11. The first-order valence-electron chi connectivity index (χ1n) is 6.73. The fraction of sp³-hybridized carbons (Fsp3) is 0.250. The Morgan fingerprint density at radius 3 is 2.19 bits per heavy atom. The number of non-ortho nitro benzene ring substituents is 1. The Labute approximate surface area is 128 Å². The van der Waals surface area contributed by atoms with E-state index in [1.54, 1.807) is 12.1 Å². The zero-order valence-corrected chi connectivity index (χ0v) is 12.7. The summed E-state index contributed by atoms with van der Waals surface area (Å²) in [6.45, 7) is 4.03. The predicted octanol–water partition coefficient (Wildman–Crippen LogP) is 4.66. The van der Waals surface area contributed by atoms with E-state index in [9.17, 15) is 10.1 Å². The average Bonchev–Trinajstić information content (AvgIpc) is 2.47. The predicted molar refractivity (Wildman–Crippen MR) is 84.5 cm³/mol. The van der Waals surface area contributed by atoms with E-state index in [4.69, 9.17) is 11.6 Å². The molecule has 0 heterocycles. The fourth-order valence-electron chi connectivity index (χ4n) is 2.25. The molecule has 0 fully saturated rings. The van der Waals surface area contributed by atoms with Crippen molar-refractivity contribution in [2.45, 2.75) is 25.9 Å². The Hall–Kier alpha value is -1.91. The molecule has 0 radical (unpaired) electrons. The molecule has 2 atom stereocenters. The number of hydrogen-bond donors (Lipinski definition) is 1. The maximum absolute atomic E-state index is 10.8. The van der Waals surface area contributed by atoms with Crippen LogP contribution in [0.4, 0.5) is 5.69 Å². The molecule has 1 N–H and O–H groups in total. The standard InChI is InChI=1S/C16H17ClN2O2/c1-11(13-5-3-7-15(17)9-13)18-12(2)14-6-4-8-16(10-14)19(20)21/h3-12,18H,1-2H3/t11-,12?/m0/s1. The highest BCUT2D eigenvalue weighted by Gasteiger charge is 2.14. The molecule has 0 aliphatic heterocycles. The molecule has 2 aromatic rings. The molecule has 0 aromatic heterocycles. The zero-order valence-electron chi connectivity index (χ0n) is 11.9. The molecule has 4 nitrogen and oxygen atoms in total. The minimum absolute atomic E-state index is 0.00104. The molecule has 21 heavy (non-hydrogen) atoms. The third-order valence-electron chi connectivity index (χ3n) is 3.43.